The van der Waals surface area contributed by atoms with Crippen LogP contribution in [0.4, 0.5) is 24.5 Å². The molecule has 2 rings (SSSR count). The summed E-state index contributed by atoms with van der Waals surface area (Å²) in [5.41, 5.74) is 1.62. The third-order valence-electron chi connectivity index (χ3n) is 3.47. The number of carbonyl (C=O) groups excluding carboxylic acids is 1. The number of anilines is 2. The summed E-state index contributed by atoms with van der Waals surface area (Å²) < 4.78 is 40.6. The van der Waals surface area contributed by atoms with Crippen molar-refractivity contribution in [2.75, 3.05) is 29.9 Å². The minimum absolute atomic E-state index is 0.537. The summed E-state index contributed by atoms with van der Waals surface area (Å²) in [5, 5.41) is 2.55. The quantitative estimate of drug-likeness (QED) is 0.907. The molecular formula is C15H19F3N2O2. The Kier molecular flexibility index (Phi) is 5.28. The van der Waals surface area contributed by atoms with Crippen LogP contribution >= 0.6 is 0 Å². The Labute approximate surface area is 127 Å². The minimum atomic E-state index is -4.44. The first-order valence-corrected chi connectivity index (χ1v) is 7.19. The maximum atomic E-state index is 12.0. The molecule has 1 N–H and O–H groups in total. The monoisotopic (exact) mass is 316 g/mol. The number of halogens is 3. The van der Waals surface area contributed by atoms with E-state index in [0.717, 1.165) is 18.8 Å². The molecule has 122 valence electrons. The Hall–Kier alpha value is -1.76. The normalized spacial score (nSPS) is 16.6. The van der Waals surface area contributed by atoms with Gasteiger partial charge >= 0.3 is 6.18 Å². The van der Waals surface area contributed by atoms with E-state index < -0.39 is 24.8 Å². The second kappa shape index (κ2) is 7.00. The molecule has 1 aliphatic rings. The first kappa shape index (κ1) is 16.6. The summed E-state index contributed by atoms with van der Waals surface area (Å²) in [6.45, 7) is 1.90. The predicted molar refractivity (Wildman–Crippen MR) is 78.0 cm³/mol. The zero-order valence-corrected chi connectivity index (χ0v) is 12.3. The van der Waals surface area contributed by atoms with Crippen molar-refractivity contribution in [3.8, 4) is 0 Å². The van der Waals surface area contributed by atoms with E-state index in [1.54, 1.807) is 12.1 Å². The smallest absolute Gasteiger partial charge is 0.372 e. The second-order valence-electron chi connectivity index (χ2n) is 5.30. The van der Waals surface area contributed by atoms with Crippen LogP contribution < -0.4 is 10.2 Å². The number of rotatable bonds is 5. The van der Waals surface area contributed by atoms with Crippen molar-refractivity contribution < 1.29 is 22.7 Å². The molecular weight excluding hydrogens is 297 g/mol. The highest BCUT2D eigenvalue weighted by Gasteiger charge is 2.29. The number of ether oxygens (including phenoxy) is 1. The number of nitrogens with one attached hydrogen (secondary N) is 1. The molecule has 7 heteroatoms. The minimum Gasteiger partial charge on any atom is -0.372 e. The topological polar surface area (TPSA) is 41.6 Å². The third kappa shape index (κ3) is 4.91. The molecule has 1 atom stereocenters. The van der Waals surface area contributed by atoms with Gasteiger partial charge in [0, 0.05) is 24.5 Å². The van der Waals surface area contributed by atoms with Gasteiger partial charge in [0.1, 0.15) is 12.7 Å². The Morgan fingerprint density at radius 2 is 1.86 bits per heavy atom. The van der Waals surface area contributed by atoms with Crippen LogP contribution in [0.1, 0.15) is 19.8 Å². The number of nitrogens with zero attached hydrogens (tertiary/aromatic N) is 1. The van der Waals surface area contributed by atoms with Crippen LogP contribution in [0.5, 0.6) is 0 Å². The zero-order chi connectivity index (χ0) is 16.2. The molecule has 0 spiro atoms. The predicted octanol–water partition coefficient (Wildman–Crippen LogP) is 3.19. The molecule has 1 fully saturated rings. The van der Waals surface area contributed by atoms with E-state index in [2.05, 4.69) is 15.0 Å². The number of hydrogen-bond donors (Lipinski definition) is 1. The summed E-state index contributed by atoms with van der Waals surface area (Å²) in [7, 11) is 0. The van der Waals surface area contributed by atoms with Crippen molar-refractivity contribution in [3.05, 3.63) is 24.3 Å². The lowest BCUT2D eigenvalue weighted by atomic mass is 10.2. The van der Waals surface area contributed by atoms with E-state index in [4.69, 9.17) is 0 Å². The Morgan fingerprint density at radius 3 is 2.41 bits per heavy atom. The lowest BCUT2D eigenvalue weighted by Crippen LogP contribution is -2.31. The number of hydrogen-bond acceptors (Lipinski definition) is 3. The van der Waals surface area contributed by atoms with E-state index in [-0.39, 0.29) is 0 Å². The summed E-state index contributed by atoms with van der Waals surface area (Å²) >= 11 is 0. The van der Waals surface area contributed by atoms with Gasteiger partial charge in [-0.15, -0.1) is 0 Å². The molecule has 1 unspecified atom stereocenters. The highest BCUT2D eigenvalue weighted by molar-refractivity contribution is 5.94. The average Bonchev–Trinajstić information content (AvgIpc) is 2.99. The first-order chi connectivity index (χ1) is 10.3. The lowest BCUT2D eigenvalue weighted by molar-refractivity contribution is -0.184. The zero-order valence-electron chi connectivity index (χ0n) is 12.3. The molecule has 1 heterocycles. The largest absolute Gasteiger partial charge is 0.411 e. The molecule has 1 amide bonds. The molecule has 1 aromatic carbocycles. The molecule has 4 nitrogen and oxygen atoms in total. The summed E-state index contributed by atoms with van der Waals surface area (Å²) in [6.07, 6.45) is -3.26. The van der Waals surface area contributed by atoms with Gasteiger partial charge < -0.3 is 15.0 Å². The summed E-state index contributed by atoms with van der Waals surface area (Å²) in [6, 6.07) is 7.26. The fourth-order valence-electron chi connectivity index (χ4n) is 2.27. The highest BCUT2D eigenvalue weighted by atomic mass is 19.4. The molecule has 0 bridgehead atoms. The highest BCUT2D eigenvalue weighted by Crippen LogP contribution is 2.22. The van der Waals surface area contributed by atoms with Gasteiger partial charge in [-0.2, -0.15) is 13.2 Å². The van der Waals surface area contributed by atoms with E-state index in [1.807, 2.05) is 12.1 Å². The van der Waals surface area contributed by atoms with Crippen LogP contribution in [-0.4, -0.2) is 37.9 Å². The van der Waals surface area contributed by atoms with Gasteiger partial charge in [0.2, 0.25) is 0 Å². The molecule has 1 aliphatic heterocycles. The molecule has 0 aromatic heterocycles. The van der Waals surface area contributed by atoms with E-state index >= 15 is 0 Å². The van der Waals surface area contributed by atoms with E-state index in [9.17, 15) is 18.0 Å². The van der Waals surface area contributed by atoms with Gasteiger partial charge in [-0.25, -0.2) is 0 Å². The summed E-state index contributed by atoms with van der Waals surface area (Å²) in [5.74, 6) is -0.599. The maximum Gasteiger partial charge on any atom is 0.411 e. The number of carbonyl (C=O) groups is 1. The Balaban J connectivity index is 1.85. The second-order valence-corrected chi connectivity index (χ2v) is 5.30. The third-order valence-corrected chi connectivity index (χ3v) is 3.47. The van der Waals surface area contributed by atoms with Crippen molar-refractivity contribution in [2.45, 2.75) is 32.0 Å². The number of benzene rings is 1. The molecule has 0 radical (unpaired) electrons. The van der Waals surface area contributed by atoms with Crippen molar-refractivity contribution in [1.82, 2.24) is 0 Å². The van der Waals surface area contributed by atoms with Gasteiger partial charge in [0.15, 0.2) is 0 Å². The van der Waals surface area contributed by atoms with Crippen LogP contribution in [0.15, 0.2) is 24.3 Å². The fourth-order valence-corrected chi connectivity index (χ4v) is 2.27. The van der Waals surface area contributed by atoms with E-state index in [0.29, 0.717) is 5.69 Å². The molecule has 22 heavy (non-hydrogen) atoms. The Morgan fingerprint density at radius 1 is 1.27 bits per heavy atom. The fraction of sp³-hybridized carbons (Fsp3) is 0.533. The Bertz CT molecular complexity index is 497. The molecule has 0 saturated carbocycles. The molecule has 1 saturated heterocycles. The first-order valence-electron chi connectivity index (χ1n) is 7.19. The van der Waals surface area contributed by atoms with Gasteiger partial charge in [0.25, 0.3) is 5.91 Å². The molecule has 1 aromatic rings. The van der Waals surface area contributed by atoms with Crippen LogP contribution in [0, 0.1) is 0 Å². The van der Waals surface area contributed by atoms with Crippen LogP contribution in [0.3, 0.4) is 0 Å². The number of alkyl halides is 3. The van der Waals surface area contributed by atoms with Gasteiger partial charge in [-0.3, -0.25) is 4.79 Å². The van der Waals surface area contributed by atoms with Crippen molar-refractivity contribution in [3.63, 3.8) is 0 Å². The van der Waals surface area contributed by atoms with Crippen molar-refractivity contribution in [2.24, 2.45) is 0 Å². The SMILES string of the molecule is CC(OCC(F)(F)F)C(=O)Nc1ccc(N2CCCC2)cc1. The standard InChI is InChI=1S/C15H19F3N2O2/c1-11(22-10-15(16,17)18)14(21)19-12-4-6-13(7-5-12)20-8-2-3-9-20/h4-7,11H,2-3,8-10H2,1H3,(H,19,21). The lowest BCUT2D eigenvalue weighted by Gasteiger charge is -2.18. The summed E-state index contributed by atoms with van der Waals surface area (Å²) in [4.78, 5) is 14.0. The maximum absolute atomic E-state index is 12.0. The van der Waals surface area contributed by atoms with Crippen LogP contribution in [-0.2, 0) is 9.53 Å². The van der Waals surface area contributed by atoms with Gasteiger partial charge in [0.05, 0.1) is 0 Å². The number of amides is 1. The van der Waals surface area contributed by atoms with Crippen LogP contribution in [0.25, 0.3) is 0 Å². The molecule has 0 aliphatic carbocycles. The van der Waals surface area contributed by atoms with Crippen molar-refractivity contribution >= 4 is 17.3 Å². The van der Waals surface area contributed by atoms with Crippen LogP contribution in [0.2, 0.25) is 0 Å². The van der Waals surface area contributed by atoms with Gasteiger partial charge in [-0.1, -0.05) is 0 Å². The average molecular weight is 316 g/mol. The van der Waals surface area contributed by atoms with Crippen molar-refractivity contribution in [1.29, 1.82) is 0 Å². The van der Waals surface area contributed by atoms with E-state index in [1.165, 1.54) is 19.8 Å². The van der Waals surface area contributed by atoms with Gasteiger partial charge in [-0.05, 0) is 44.0 Å².